The van der Waals surface area contributed by atoms with Gasteiger partial charge in [-0.15, -0.1) is 0 Å². The van der Waals surface area contributed by atoms with E-state index in [4.69, 9.17) is 9.41 Å². The highest BCUT2D eigenvalue weighted by Gasteiger charge is 2.38. The Hall–Kier alpha value is -2.44. The third kappa shape index (κ3) is 5.09. The van der Waals surface area contributed by atoms with Crippen LogP contribution in [0.1, 0.15) is 45.5 Å². The number of nitrogens with zero attached hydrogens (tertiary/aromatic N) is 5. The largest absolute Gasteiger partial charge is 0.417 e. The molecule has 1 aliphatic rings. The van der Waals surface area contributed by atoms with Crippen molar-refractivity contribution in [1.29, 1.82) is 0 Å². The molecule has 0 bridgehead atoms. The molecule has 11 heteroatoms. The van der Waals surface area contributed by atoms with Crippen molar-refractivity contribution in [2.75, 3.05) is 18.1 Å². The van der Waals surface area contributed by atoms with Gasteiger partial charge in [0.1, 0.15) is 5.82 Å². The summed E-state index contributed by atoms with van der Waals surface area (Å²) < 4.78 is 31.9. The zero-order chi connectivity index (χ0) is 27.3. The average molecular weight is 558 g/mol. The lowest BCUT2D eigenvalue weighted by atomic mass is 10.2. The van der Waals surface area contributed by atoms with E-state index in [2.05, 4.69) is 49.5 Å². The van der Waals surface area contributed by atoms with E-state index in [1.54, 1.807) is 21.5 Å². The number of aromatic nitrogens is 5. The average Bonchev–Trinajstić information content (AvgIpc) is 3.31. The number of unbranched alkanes of at least 4 members (excludes halogenated alkanes) is 1. The number of para-hydroxylation sites is 2. The summed E-state index contributed by atoms with van der Waals surface area (Å²) in [4.78, 5) is 22.8. The maximum atomic E-state index is 13.6. The molecule has 1 aromatic carbocycles. The fraction of sp³-hybridized carbons (Fsp3) is 0.519. The van der Waals surface area contributed by atoms with Gasteiger partial charge in [0.05, 0.1) is 52.4 Å². The van der Waals surface area contributed by atoms with Gasteiger partial charge in [-0.05, 0) is 49.2 Å². The van der Waals surface area contributed by atoms with Crippen LogP contribution < -0.4 is 5.69 Å². The molecule has 5 rings (SSSR count). The Balaban J connectivity index is 1.40. The summed E-state index contributed by atoms with van der Waals surface area (Å²) in [6.07, 6.45) is 5.27. The third-order valence-corrected chi connectivity index (χ3v) is 14.5. The van der Waals surface area contributed by atoms with Crippen LogP contribution in [0.5, 0.6) is 0 Å². The molecule has 1 fully saturated rings. The van der Waals surface area contributed by atoms with Gasteiger partial charge in [0.25, 0.3) is 0 Å². The van der Waals surface area contributed by atoms with Gasteiger partial charge >= 0.3 is 5.69 Å². The Morgan fingerprint density at radius 1 is 1.05 bits per heavy atom. The van der Waals surface area contributed by atoms with Crippen LogP contribution in [0.3, 0.4) is 0 Å². The van der Waals surface area contributed by atoms with Crippen molar-refractivity contribution in [3.8, 4) is 0 Å². The van der Waals surface area contributed by atoms with E-state index in [9.17, 15) is 13.9 Å². The van der Waals surface area contributed by atoms with Crippen molar-refractivity contribution in [3.63, 3.8) is 0 Å². The molecule has 0 saturated carbocycles. The zero-order valence-electron chi connectivity index (χ0n) is 22.9. The molecule has 0 aliphatic carbocycles. The Bertz CT molecular complexity index is 1510. The number of hydrogen-bond donors (Lipinski definition) is 2. The van der Waals surface area contributed by atoms with Crippen molar-refractivity contribution < 1.29 is 13.5 Å². The van der Waals surface area contributed by atoms with Crippen molar-refractivity contribution in [2.24, 2.45) is 0 Å². The van der Waals surface area contributed by atoms with E-state index in [-0.39, 0.29) is 28.3 Å². The summed E-state index contributed by atoms with van der Waals surface area (Å²) in [5.41, 5.74) is 3.27. The molecular formula is C27H39N5O4SSi. The normalized spacial score (nSPS) is 17.2. The predicted molar refractivity (Wildman–Crippen MR) is 157 cm³/mol. The van der Waals surface area contributed by atoms with Gasteiger partial charge in [-0.3, -0.25) is 23.2 Å². The second-order valence-electron chi connectivity index (χ2n) is 11.9. The Morgan fingerprint density at radius 3 is 2.50 bits per heavy atom. The van der Waals surface area contributed by atoms with Gasteiger partial charge in [-0.2, -0.15) is 10.6 Å². The van der Waals surface area contributed by atoms with E-state index < -0.39 is 18.9 Å². The molecule has 0 atom stereocenters. The number of pyridine rings is 1. The van der Waals surface area contributed by atoms with Gasteiger partial charge in [-0.1, -0.05) is 32.9 Å². The number of imidazole rings is 2. The fourth-order valence-electron chi connectivity index (χ4n) is 4.90. The molecule has 0 spiro atoms. The molecule has 4 heterocycles. The monoisotopic (exact) mass is 557 g/mol. The molecule has 38 heavy (non-hydrogen) atoms. The fourth-order valence-corrected chi connectivity index (χ4v) is 7.42. The molecule has 1 aliphatic heterocycles. The first-order valence-corrected chi connectivity index (χ1v) is 18.0. The molecule has 3 aromatic heterocycles. The van der Waals surface area contributed by atoms with E-state index in [0.29, 0.717) is 6.54 Å². The second kappa shape index (κ2) is 9.94. The molecule has 206 valence electrons. The first-order valence-electron chi connectivity index (χ1n) is 13.2. The minimum absolute atomic E-state index is 0.172. The van der Waals surface area contributed by atoms with Crippen LogP contribution in [0, 0.1) is 0 Å². The van der Waals surface area contributed by atoms with Gasteiger partial charge in [-0.25, -0.2) is 9.78 Å². The molecule has 4 aromatic rings. The van der Waals surface area contributed by atoms with E-state index >= 15 is 0 Å². The van der Waals surface area contributed by atoms with Crippen molar-refractivity contribution in [3.05, 3.63) is 59.0 Å². The van der Waals surface area contributed by atoms with Crippen molar-refractivity contribution >= 4 is 41.0 Å². The van der Waals surface area contributed by atoms with Crippen LogP contribution in [-0.4, -0.2) is 59.2 Å². The van der Waals surface area contributed by atoms with E-state index in [1.165, 1.54) is 0 Å². The van der Waals surface area contributed by atoms with Gasteiger partial charge in [0, 0.05) is 19.3 Å². The summed E-state index contributed by atoms with van der Waals surface area (Å²) >= 11 is 0. The van der Waals surface area contributed by atoms with Crippen molar-refractivity contribution in [1.82, 2.24) is 23.7 Å². The number of hydrogen-bond acceptors (Lipinski definition) is 6. The highest BCUT2D eigenvalue weighted by molar-refractivity contribution is 8.25. The molecule has 1 saturated heterocycles. The number of benzene rings is 1. The highest BCUT2D eigenvalue weighted by atomic mass is 32.3. The zero-order valence-corrected chi connectivity index (χ0v) is 24.7. The lowest BCUT2D eigenvalue weighted by Gasteiger charge is -2.47. The van der Waals surface area contributed by atoms with Crippen LogP contribution in [-0.2, 0) is 17.5 Å². The lowest BCUT2D eigenvalue weighted by molar-refractivity contribution is 0.276. The minimum Gasteiger partial charge on any atom is -0.417 e. The Morgan fingerprint density at radius 2 is 1.79 bits per heavy atom. The number of rotatable bonds is 9. The summed E-state index contributed by atoms with van der Waals surface area (Å²) in [7, 11) is -4.35. The van der Waals surface area contributed by atoms with E-state index in [1.807, 2.05) is 24.3 Å². The molecule has 0 amide bonds. The highest BCUT2D eigenvalue weighted by Crippen LogP contribution is 2.54. The predicted octanol–water partition coefficient (Wildman–Crippen LogP) is 5.70. The first kappa shape index (κ1) is 27.1. The smallest absolute Gasteiger partial charge is 0.329 e. The summed E-state index contributed by atoms with van der Waals surface area (Å²) in [6.45, 7) is 13.2. The van der Waals surface area contributed by atoms with Crippen LogP contribution in [0.2, 0.25) is 18.1 Å². The summed E-state index contributed by atoms with van der Waals surface area (Å²) in [5.74, 6) is 1.24. The molecule has 0 unspecified atom stereocenters. The Kier molecular flexibility index (Phi) is 7.10. The molecule has 0 radical (unpaired) electrons. The van der Waals surface area contributed by atoms with Gasteiger partial charge in [0.15, 0.2) is 8.32 Å². The maximum absolute atomic E-state index is 13.6. The maximum Gasteiger partial charge on any atom is 0.329 e. The quantitative estimate of drug-likeness (QED) is 0.202. The van der Waals surface area contributed by atoms with Crippen LogP contribution >= 0.6 is 10.6 Å². The SMILES string of the molecule is CC(C)(C)[Si](C)(C)OCCCCn1c(Cn2c(=O)n(C3CS(O)(O)C3)c3ccncc32)nc2ccccc21. The lowest BCUT2D eigenvalue weighted by Crippen LogP contribution is -2.41. The van der Waals surface area contributed by atoms with Crippen LogP contribution in [0.4, 0.5) is 0 Å². The second-order valence-corrected chi connectivity index (χ2v) is 19.0. The molecule has 9 nitrogen and oxygen atoms in total. The van der Waals surface area contributed by atoms with Crippen LogP contribution in [0.25, 0.3) is 22.1 Å². The summed E-state index contributed by atoms with van der Waals surface area (Å²) in [6, 6.07) is 9.67. The Labute approximate surface area is 226 Å². The van der Waals surface area contributed by atoms with Gasteiger partial charge < -0.3 is 8.99 Å². The molecular weight excluding hydrogens is 518 g/mol. The molecule has 2 N–H and O–H groups in total. The summed E-state index contributed by atoms with van der Waals surface area (Å²) in [5, 5.41) is 0.193. The third-order valence-electron chi connectivity index (χ3n) is 8.13. The van der Waals surface area contributed by atoms with E-state index in [0.717, 1.165) is 53.9 Å². The number of aryl methyl sites for hydroxylation is 1. The van der Waals surface area contributed by atoms with Gasteiger partial charge in [0.2, 0.25) is 0 Å². The number of fused-ring (bicyclic) bond motifs is 2. The topological polar surface area (TPSA) is 107 Å². The van der Waals surface area contributed by atoms with Crippen molar-refractivity contribution in [2.45, 2.75) is 70.9 Å². The standard InChI is InChI=1S/C27H39N5O4SSi/c1-27(2,3)38(4,5)36-15-9-8-14-30-22-11-7-6-10-21(22)29-25(30)17-31-24-16-28-13-12-23(24)32(26(31)33)20-18-37(34,35)19-20/h6-7,10-13,16,20,34-35H,8-9,14-15,17-19H2,1-5H3. The first-order chi connectivity index (χ1) is 17.9. The van der Waals surface area contributed by atoms with Crippen LogP contribution in [0.15, 0.2) is 47.5 Å². The minimum atomic E-state index is -2.58.